The molecule has 0 aliphatic heterocycles. The number of nitrogens with zero attached hydrogens (tertiary/aromatic N) is 1. The fraction of sp³-hybridized carbons (Fsp3) is 0.0714. The summed E-state index contributed by atoms with van der Waals surface area (Å²) in [4.78, 5) is 34.3. The molecule has 1 amide bonds. The highest BCUT2D eigenvalue weighted by Gasteiger charge is 2.13. The van der Waals surface area contributed by atoms with Crippen LogP contribution in [-0.2, 0) is 6.54 Å². The minimum absolute atomic E-state index is 0.0274. The van der Waals surface area contributed by atoms with Crippen molar-refractivity contribution in [1.82, 2.24) is 4.57 Å². The molecule has 0 bridgehead atoms. The highest BCUT2D eigenvalue weighted by Crippen LogP contribution is 2.10. The van der Waals surface area contributed by atoms with Crippen LogP contribution in [0.2, 0.25) is 0 Å². The molecule has 0 atom stereocenters. The van der Waals surface area contributed by atoms with Crippen LogP contribution < -0.4 is 11.3 Å². The molecule has 6 nitrogen and oxygen atoms in total. The minimum Gasteiger partial charge on any atom is -0.477 e. The summed E-state index contributed by atoms with van der Waals surface area (Å²) in [6.45, 7) is -0.0274. The monoisotopic (exact) mass is 272 g/mol. The molecule has 2 rings (SSSR count). The predicted octanol–water partition coefficient (Wildman–Crippen LogP) is 0.694. The van der Waals surface area contributed by atoms with Crippen LogP contribution in [0.25, 0.3) is 0 Å². The van der Waals surface area contributed by atoms with Gasteiger partial charge >= 0.3 is 5.97 Å². The Morgan fingerprint density at radius 2 is 1.80 bits per heavy atom. The lowest BCUT2D eigenvalue weighted by atomic mass is 10.1. The summed E-state index contributed by atoms with van der Waals surface area (Å²) < 4.78 is 1.09. The van der Waals surface area contributed by atoms with Gasteiger partial charge in [0, 0.05) is 11.6 Å². The van der Waals surface area contributed by atoms with Crippen LogP contribution in [0.3, 0.4) is 0 Å². The number of nitrogens with two attached hydrogens (primary N) is 1. The first-order valence-corrected chi connectivity index (χ1v) is 5.81. The van der Waals surface area contributed by atoms with Gasteiger partial charge in [0.2, 0.25) is 5.91 Å². The maximum Gasteiger partial charge on any atom is 0.352 e. The Morgan fingerprint density at radius 3 is 2.45 bits per heavy atom. The van der Waals surface area contributed by atoms with E-state index in [1.54, 1.807) is 18.2 Å². The first kappa shape index (κ1) is 13.5. The number of carbonyl (C=O) groups excluding carboxylic acids is 1. The van der Waals surface area contributed by atoms with Crippen LogP contribution in [0.1, 0.15) is 26.4 Å². The number of rotatable bonds is 4. The van der Waals surface area contributed by atoms with Gasteiger partial charge in [-0.1, -0.05) is 24.3 Å². The van der Waals surface area contributed by atoms with Crippen LogP contribution in [0.4, 0.5) is 0 Å². The molecular formula is C14H12N2O4. The molecule has 6 heteroatoms. The van der Waals surface area contributed by atoms with Crippen LogP contribution in [0, 0.1) is 0 Å². The molecule has 0 fully saturated rings. The maximum atomic E-state index is 11.8. The van der Waals surface area contributed by atoms with Gasteiger partial charge < -0.3 is 10.8 Å². The van der Waals surface area contributed by atoms with Gasteiger partial charge in [0.05, 0.1) is 6.54 Å². The number of carboxylic acids is 1. The van der Waals surface area contributed by atoms with Crippen LogP contribution >= 0.6 is 0 Å². The quantitative estimate of drug-likeness (QED) is 0.854. The summed E-state index contributed by atoms with van der Waals surface area (Å²) in [7, 11) is 0. The third-order valence-electron chi connectivity index (χ3n) is 2.88. The predicted molar refractivity (Wildman–Crippen MR) is 71.7 cm³/mol. The molecule has 3 N–H and O–H groups in total. The van der Waals surface area contributed by atoms with Gasteiger partial charge in [0.15, 0.2) is 0 Å². The zero-order valence-corrected chi connectivity index (χ0v) is 10.4. The normalized spacial score (nSPS) is 10.2. The highest BCUT2D eigenvalue weighted by molar-refractivity contribution is 5.94. The Kier molecular flexibility index (Phi) is 3.65. The second-order valence-electron chi connectivity index (χ2n) is 4.16. The second-order valence-corrected chi connectivity index (χ2v) is 4.16. The molecule has 0 spiro atoms. The summed E-state index contributed by atoms with van der Waals surface area (Å²) in [5.74, 6) is -1.83. The van der Waals surface area contributed by atoms with E-state index in [2.05, 4.69) is 0 Å². The fourth-order valence-electron chi connectivity index (χ4n) is 1.94. The van der Waals surface area contributed by atoms with E-state index in [0.717, 1.165) is 4.57 Å². The van der Waals surface area contributed by atoms with Gasteiger partial charge in [-0.25, -0.2) is 4.79 Å². The van der Waals surface area contributed by atoms with Crippen molar-refractivity contribution in [3.05, 3.63) is 69.6 Å². The highest BCUT2D eigenvalue weighted by atomic mass is 16.4. The molecule has 20 heavy (non-hydrogen) atoms. The number of benzene rings is 1. The molecule has 0 radical (unpaired) electrons. The number of carbonyl (C=O) groups is 2. The lowest BCUT2D eigenvalue weighted by Gasteiger charge is -2.11. The van der Waals surface area contributed by atoms with E-state index in [1.807, 2.05) is 0 Å². The molecule has 1 aromatic heterocycles. The number of pyridine rings is 1. The zero-order chi connectivity index (χ0) is 14.7. The Bertz CT molecular complexity index is 734. The van der Waals surface area contributed by atoms with E-state index in [0.29, 0.717) is 5.56 Å². The smallest absolute Gasteiger partial charge is 0.352 e. The molecule has 2 aromatic rings. The number of hydrogen-bond acceptors (Lipinski definition) is 3. The Morgan fingerprint density at radius 1 is 1.10 bits per heavy atom. The van der Waals surface area contributed by atoms with E-state index >= 15 is 0 Å². The van der Waals surface area contributed by atoms with Crippen molar-refractivity contribution in [2.45, 2.75) is 6.54 Å². The van der Waals surface area contributed by atoms with Gasteiger partial charge in [-0.3, -0.25) is 14.2 Å². The third kappa shape index (κ3) is 2.59. The van der Waals surface area contributed by atoms with Crippen LogP contribution in [0.15, 0.2) is 47.3 Å². The summed E-state index contributed by atoms with van der Waals surface area (Å²) >= 11 is 0. The van der Waals surface area contributed by atoms with Gasteiger partial charge in [-0.2, -0.15) is 0 Å². The molecule has 1 heterocycles. The molecular weight excluding hydrogens is 260 g/mol. The fourth-order valence-corrected chi connectivity index (χ4v) is 1.94. The molecule has 0 aliphatic rings. The summed E-state index contributed by atoms with van der Waals surface area (Å²) in [5, 5.41) is 9.10. The molecule has 0 saturated heterocycles. The van der Waals surface area contributed by atoms with Crippen molar-refractivity contribution in [1.29, 1.82) is 0 Å². The third-order valence-corrected chi connectivity index (χ3v) is 2.88. The Hall–Kier alpha value is -2.89. The van der Waals surface area contributed by atoms with E-state index in [-0.39, 0.29) is 17.8 Å². The molecule has 0 aliphatic carbocycles. The largest absolute Gasteiger partial charge is 0.477 e. The first-order chi connectivity index (χ1) is 9.50. The van der Waals surface area contributed by atoms with E-state index in [1.165, 1.54) is 24.3 Å². The van der Waals surface area contributed by atoms with E-state index < -0.39 is 17.4 Å². The molecule has 102 valence electrons. The van der Waals surface area contributed by atoms with Crippen molar-refractivity contribution in [2.24, 2.45) is 5.73 Å². The number of carboxylic acid groups (broad SMARTS) is 1. The standard InChI is InChI=1S/C14H12N2O4/c15-13(18)10-5-2-1-4-9(10)8-16-11(14(19)20)6-3-7-12(16)17/h1-7H,8H2,(H2,15,18)(H,19,20). The van der Waals surface area contributed by atoms with Crippen LogP contribution in [-0.4, -0.2) is 21.6 Å². The van der Waals surface area contributed by atoms with E-state index in [4.69, 9.17) is 10.8 Å². The number of aromatic carboxylic acids is 1. The van der Waals surface area contributed by atoms with Crippen LogP contribution in [0.5, 0.6) is 0 Å². The summed E-state index contributed by atoms with van der Waals surface area (Å²) in [6.07, 6.45) is 0. The topological polar surface area (TPSA) is 102 Å². The lowest BCUT2D eigenvalue weighted by molar-refractivity contribution is 0.0684. The average molecular weight is 272 g/mol. The SMILES string of the molecule is NC(=O)c1ccccc1Cn1c(C(=O)O)cccc1=O. The summed E-state index contributed by atoms with van der Waals surface area (Å²) in [6, 6.07) is 10.5. The lowest BCUT2D eigenvalue weighted by Crippen LogP contribution is -2.26. The van der Waals surface area contributed by atoms with Crippen molar-refractivity contribution in [3.8, 4) is 0 Å². The van der Waals surface area contributed by atoms with Gasteiger partial charge in [0.1, 0.15) is 5.69 Å². The van der Waals surface area contributed by atoms with E-state index in [9.17, 15) is 14.4 Å². The average Bonchev–Trinajstić information content (AvgIpc) is 2.41. The molecule has 0 unspecified atom stereocenters. The van der Waals surface area contributed by atoms with Crippen molar-refractivity contribution >= 4 is 11.9 Å². The Balaban J connectivity index is 2.54. The molecule has 1 aromatic carbocycles. The van der Waals surface area contributed by atoms with Gasteiger partial charge in [-0.15, -0.1) is 0 Å². The summed E-state index contributed by atoms with van der Waals surface area (Å²) in [5.41, 5.74) is 5.42. The van der Waals surface area contributed by atoms with Gasteiger partial charge in [0.25, 0.3) is 5.56 Å². The second kappa shape index (κ2) is 5.40. The minimum atomic E-state index is -1.21. The number of aromatic nitrogens is 1. The zero-order valence-electron chi connectivity index (χ0n) is 10.4. The number of amides is 1. The first-order valence-electron chi connectivity index (χ1n) is 5.81. The molecule has 0 saturated carbocycles. The number of primary amides is 1. The van der Waals surface area contributed by atoms with Crippen molar-refractivity contribution in [3.63, 3.8) is 0 Å². The maximum absolute atomic E-state index is 11.8. The van der Waals surface area contributed by atoms with Crippen molar-refractivity contribution < 1.29 is 14.7 Å². The van der Waals surface area contributed by atoms with Gasteiger partial charge in [-0.05, 0) is 17.7 Å². The Labute approximate surface area is 114 Å². The van der Waals surface area contributed by atoms with Crippen molar-refractivity contribution in [2.75, 3.05) is 0 Å². The number of hydrogen-bond donors (Lipinski definition) is 2.